The molecule has 0 bridgehead atoms. The lowest BCUT2D eigenvalue weighted by Gasteiger charge is -2.13. The molecule has 27 heavy (non-hydrogen) atoms. The summed E-state index contributed by atoms with van der Waals surface area (Å²) in [7, 11) is 3.93. The Kier molecular flexibility index (Phi) is 4.69. The number of rotatable bonds is 4. The molecule has 1 N–H and O–H groups in total. The van der Waals surface area contributed by atoms with E-state index in [1.807, 2.05) is 66.0 Å². The number of hydrogen-bond acceptors (Lipinski definition) is 4. The monoisotopic (exact) mass is 377 g/mol. The molecule has 1 aliphatic rings. The summed E-state index contributed by atoms with van der Waals surface area (Å²) in [5.74, 6) is 1.69. The van der Waals surface area contributed by atoms with Crippen molar-refractivity contribution >= 4 is 28.9 Å². The lowest BCUT2D eigenvalue weighted by Crippen LogP contribution is -2.12. The van der Waals surface area contributed by atoms with E-state index in [2.05, 4.69) is 28.5 Å². The van der Waals surface area contributed by atoms with Crippen molar-refractivity contribution in [3.8, 4) is 11.3 Å². The summed E-state index contributed by atoms with van der Waals surface area (Å²) < 4.78 is 2.03. The van der Waals surface area contributed by atoms with Crippen LogP contribution in [0.3, 0.4) is 0 Å². The zero-order chi connectivity index (χ0) is 18.8. The van der Waals surface area contributed by atoms with Crippen LogP contribution in [-0.4, -0.2) is 28.5 Å². The number of aromatic nitrogens is 3. The van der Waals surface area contributed by atoms with Crippen LogP contribution in [0.15, 0.2) is 77.8 Å². The zero-order valence-corrected chi connectivity index (χ0v) is 16.0. The molecule has 5 nitrogen and oxygen atoms in total. The van der Waals surface area contributed by atoms with Crippen LogP contribution >= 0.6 is 11.6 Å². The Bertz CT molecular complexity index is 1060. The van der Waals surface area contributed by atoms with Gasteiger partial charge in [0.25, 0.3) is 0 Å². The van der Waals surface area contributed by atoms with Gasteiger partial charge in [0.05, 0.1) is 0 Å². The molecule has 4 rings (SSSR count). The van der Waals surface area contributed by atoms with Gasteiger partial charge in [-0.1, -0.05) is 54.1 Å². The highest BCUT2D eigenvalue weighted by atomic mass is 35.5. The van der Waals surface area contributed by atoms with Crippen molar-refractivity contribution < 1.29 is 0 Å². The van der Waals surface area contributed by atoms with Gasteiger partial charge in [-0.05, 0) is 18.6 Å². The average Bonchev–Trinajstić information content (AvgIpc) is 2.90. The maximum Gasteiger partial charge on any atom is 0.182 e. The van der Waals surface area contributed by atoms with E-state index in [4.69, 9.17) is 16.6 Å². The number of nitrogens with one attached hydrogen (secondary N) is 1. The van der Waals surface area contributed by atoms with Crippen molar-refractivity contribution in [3.05, 3.63) is 77.8 Å². The van der Waals surface area contributed by atoms with Crippen LogP contribution in [0.4, 0.5) is 11.6 Å². The molecule has 0 aliphatic heterocycles. The van der Waals surface area contributed by atoms with Crippen molar-refractivity contribution in [1.82, 2.24) is 14.4 Å². The molecule has 2 aromatic heterocycles. The van der Waals surface area contributed by atoms with E-state index in [9.17, 15) is 0 Å². The number of hydrogen-bond donors (Lipinski definition) is 1. The average molecular weight is 378 g/mol. The van der Waals surface area contributed by atoms with Gasteiger partial charge in [0.1, 0.15) is 11.5 Å². The lowest BCUT2D eigenvalue weighted by atomic mass is 10.1. The van der Waals surface area contributed by atoms with E-state index in [1.165, 1.54) is 0 Å². The SMILES string of the molecule is CN(C)c1nccn2c(NC3=CC(Cl)=CCC=C3)c(-c3ccccc3)nc12. The fourth-order valence-corrected chi connectivity index (χ4v) is 3.25. The number of halogens is 1. The summed E-state index contributed by atoms with van der Waals surface area (Å²) >= 11 is 6.26. The number of nitrogens with zero attached hydrogens (tertiary/aromatic N) is 4. The van der Waals surface area contributed by atoms with Gasteiger partial charge in [-0.2, -0.15) is 0 Å². The number of imidazole rings is 1. The van der Waals surface area contributed by atoms with Crippen LogP contribution in [0.25, 0.3) is 16.9 Å². The van der Waals surface area contributed by atoms with Crippen LogP contribution in [0.1, 0.15) is 6.42 Å². The van der Waals surface area contributed by atoms with Gasteiger partial charge in [0.2, 0.25) is 0 Å². The summed E-state index contributed by atoms with van der Waals surface area (Å²) in [6.07, 6.45) is 12.5. The predicted molar refractivity (Wildman–Crippen MR) is 112 cm³/mol. The first-order valence-electron chi connectivity index (χ1n) is 8.74. The Hall–Kier alpha value is -3.05. The molecular formula is C21H20ClN5. The standard InChI is InChI=1S/C21H20ClN5/c1-26(2)20-21-25-18(15-8-4-3-5-9-15)19(27(21)13-12-23-20)24-17-11-7-6-10-16(22)14-17/h3-5,7-14,24H,6H2,1-2H3. The largest absolute Gasteiger partial charge is 0.360 e. The van der Waals surface area contributed by atoms with Crippen molar-refractivity contribution in [2.24, 2.45) is 0 Å². The molecule has 0 fully saturated rings. The summed E-state index contributed by atoms with van der Waals surface area (Å²) in [4.78, 5) is 11.4. The third-order valence-corrected chi connectivity index (χ3v) is 4.56. The number of anilines is 2. The van der Waals surface area contributed by atoms with E-state index >= 15 is 0 Å². The number of allylic oxidation sites excluding steroid dienone is 5. The predicted octanol–water partition coefficient (Wildman–Crippen LogP) is 4.84. The van der Waals surface area contributed by atoms with Crippen LogP contribution in [-0.2, 0) is 0 Å². The minimum absolute atomic E-state index is 0.716. The van der Waals surface area contributed by atoms with Gasteiger partial charge in [0.15, 0.2) is 11.5 Å². The number of benzene rings is 1. The van der Waals surface area contributed by atoms with Crippen molar-refractivity contribution in [3.63, 3.8) is 0 Å². The van der Waals surface area contributed by atoms with E-state index in [1.54, 1.807) is 6.20 Å². The summed E-state index contributed by atoms with van der Waals surface area (Å²) in [6.45, 7) is 0. The van der Waals surface area contributed by atoms with E-state index in [0.29, 0.717) is 5.03 Å². The highest BCUT2D eigenvalue weighted by Crippen LogP contribution is 2.32. The molecule has 1 aromatic carbocycles. The normalized spacial score (nSPS) is 13.9. The molecule has 6 heteroatoms. The van der Waals surface area contributed by atoms with Crippen molar-refractivity contribution in [2.45, 2.75) is 6.42 Å². The topological polar surface area (TPSA) is 45.5 Å². The van der Waals surface area contributed by atoms with E-state index in [-0.39, 0.29) is 0 Å². The summed E-state index contributed by atoms with van der Waals surface area (Å²) in [5.41, 5.74) is 3.61. The van der Waals surface area contributed by atoms with Gasteiger partial charge in [-0.3, -0.25) is 4.40 Å². The Labute approximate surface area is 163 Å². The highest BCUT2D eigenvalue weighted by molar-refractivity contribution is 6.31. The van der Waals surface area contributed by atoms with Crippen LogP contribution in [0, 0.1) is 0 Å². The molecule has 0 atom stereocenters. The first kappa shape index (κ1) is 17.4. The quantitative estimate of drug-likeness (QED) is 0.706. The smallest absolute Gasteiger partial charge is 0.182 e. The maximum absolute atomic E-state index is 6.26. The lowest BCUT2D eigenvalue weighted by molar-refractivity contribution is 1.03. The van der Waals surface area contributed by atoms with Crippen molar-refractivity contribution in [1.29, 1.82) is 0 Å². The molecule has 0 unspecified atom stereocenters. The van der Waals surface area contributed by atoms with Gasteiger partial charge in [-0.15, -0.1) is 0 Å². The van der Waals surface area contributed by atoms with Gasteiger partial charge in [0, 0.05) is 42.8 Å². The third-order valence-electron chi connectivity index (χ3n) is 4.30. The highest BCUT2D eigenvalue weighted by Gasteiger charge is 2.18. The van der Waals surface area contributed by atoms with Crippen LogP contribution in [0.2, 0.25) is 0 Å². The second kappa shape index (κ2) is 7.29. The van der Waals surface area contributed by atoms with E-state index < -0.39 is 0 Å². The molecule has 0 amide bonds. The fraction of sp³-hybridized carbons (Fsp3) is 0.143. The molecule has 0 spiro atoms. The molecule has 0 saturated heterocycles. The second-order valence-electron chi connectivity index (χ2n) is 6.47. The van der Waals surface area contributed by atoms with Gasteiger partial charge >= 0.3 is 0 Å². The molecule has 3 aromatic rings. The molecular weight excluding hydrogens is 358 g/mol. The van der Waals surface area contributed by atoms with Crippen LogP contribution in [0.5, 0.6) is 0 Å². The van der Waals surface area contributed by atoms with Crippen molar-refractivity contribution in [2.75, 3.05) is 24.3 Å². The maximum atomic E-state index is 6.26. The Balaban J connectivity index is 1.92. The minimum Gasteiger partial charge on any atom is -0.360 e. The Morgan fingerprint density at radius 3 is 2.78 bits per heavy atom. The van der Waals surface area contributed by atoms with Crippen LogP contribution < -0.4 is 10.2 Å². The van der Waals surface area contributed by atoms with Gasteiger partial charge < -0.3 is 10.2 Å². The summed E-state index contributed by atoms with van der Waals surface area (Å²) in [5, 5.41) is 4.23. The fourth-order valence-electron chi connectivity index (χ4n) is 3.04. The third kappa shape index (κ3) is 3.46. The second-order valence-corrected chi connectivity index (χ2v) is 6.90. The molecule has 0 saturated carbocycles. The zero-order valence-electron chi connectivity index (χ0n) is 15.2. The Morgan fingerprint density at radius 1 is 1.19 bits per heavy atom. The van der Waals surface area contributed by atoms with E-state index in [0.717, 1.165) is 40.7 Å². The molecule has 0 radical (unpaired) electrons. The molecule has 1 aliphatic carbocycles. The molecule has 2 heterocycles. The summed E-state index contributed by atoms with van der Waals surface area (Å²) in [6, 6.07) is 10.1. The molecule has 136 valence electrons. The number of fused-ring (bicyclic) bond motifs is 1. The Morgan fingerprint density at radius 2 is 2.00 bits per heavy atom. The first-order chi connectivity index (χ1) is 13.1. The first-order valence-corrected chi connectivity index (χ1v) is 9.12. The van der Waals surface area contributed by atoms with Gasteiger partial charge in [-0.25, -0.2) is 9.97 Å². The minimum atomic E-state index is 0.716.